The second-order valence-electron chi connectivity index (χ2n) is 4.85. The number of nitrogens with zero attached hydrogens (tertiary/aromatic N) is 3. The van der Waals surface area contributed by atoms with Crippen molar-refractivity contribution >= 4 is 5.97 Å². The van der Waals surface area contributed by atoms with Gasteiger partial charge in [0.1, 0.15) is 12.2 Å². The lowest BCUT2D eigenvalue weighted by molar-refractivity contribution is -0.143. The molecule has 94 valence electrons. The van der Waals surface area contributed by atoms with Gasteiger partial charge in [-0.05, 0) is 18.8 Å². The quantitative estimate of drug-likeness (QED) is 0.811. The van der Waals surface area contributed by atoms with Crippen molar-refractivity contribution in [2.75, 3.05) is 0 Å². The molecule has 1 aromatic heterocycles. The van der Waals surface area contributed by atoms with Crippen LogP contribution in [0, 0.1) is 11.8 Å². The zero-order chi connectivity index (χ0) is 12.3. The summed E-state index contributed by atoms with van der Waals surface area (Å²) in [6, 6.07) is 0. The molecular formula is C12H19N3O2. The molecule has 5 nitrogen and oxygen atoms in total. The summed E-state index contributed by atoms with van der Waals surface area (Å²) in [5.41, 5.74) is 0. The minimum atomic E-state index is -0.654. The highest BCUT2D eigenvalue weighted by Gasteiger charge is 2.30. The van der Waals surface area contributed by atoms with Crippen molar-refractivity contribution < 1.29 is 9.90 Å². The standard InChI is InChI=1S/C12H19N3O2/c1-15-11(13-8-14-15)7-9-5-3-2-4-6-10(9)12(16)17/h8-10H,2-7H2,1H3,(H,16,17). The molecule has 17 heavy (non-hydrogen) atoms. The topological polar surface area (TPSA) is 68.0 Å². The van der Waals surface area contributed by atoms with Crippen LogP contribution in [-0.2, 0) is 18.3 Å². The van der Waals surface area contributed by atoms with E-state index < -0.39 is 5.97 Å². The lowest BCUT2D eigenvalue weighted by Gasteiger charge is -2.20. The third-order valence-corrected chi connectivity index (χ3v) is 3.73. The van der Waals surface area contributed by atoms with E-state index in [0.29, 0.717) is 0 Å². The third-order valence-electron chi connectivity index (χ3n) is 3.73. The first kappa shape index (κ1) is 12.1. The van der Waals surface area contributed by atoms with Crippen LogP contribution in [0.4, 0.5) is 0 Å². The van der Waals surface area contributed by atoms with Gasteiger partial charge in [-0.2, -0.15) is 5.10 Å². The molecule has 2 unspecified atom stereocenters. The lowest BCUT2D eigenvalue weighted by Crippen LogP contribution is -2.25. The summed E-state index contributed by atoms with van der Waals surface area (Å²) in [6.07, 6.45) is 7.37. The van der Waals surface area contributed by atoms with Gasteiger partial charge in [0, 0.05) is 13.5 Å². The van der Waals surface area contributed by atoms with Crippen LogP contribution in [-0.4, -0.2) is 25.8 Å². The zero-order valence-electron chi connectivity index (χ0n) is 10.2. The maximum atomic E-state index is 11.3. The molecule has 1 aliphatic carbocycles. The highest BCUT2D eigenvalue weighted by atomic mass is 16.4. The number of hydrogen-bond donors (Lipinski definition) is 1. The molecular weight excluding hydrogens is 218 g/mol. The molecule has 1 aliphatic rings. The number of hydrogen-bond acceptors (Lipinski definition) is 3. The van der Waals surface area contributed by atoms with Crippen LogP contribution >= 0.6 is 0 Å². The molecule has 0 aliphatic heterocycles. The van der Waals surface area contributed by atoms with Crippen LogP contribution in [0.2, 0.25) is 0 Å². The van der Waals surface area contributed by atoms with Crippen LogP contribution in [0.25, 0.3) is 0 Å². The first-order valence-electron chi connectivity index (χ1n) is 6.24. The summed E-state index contributed by atoms with van der Waals surface area (Å²) in [5, 5.41) is 13.3. The number of carbonyl (C=O) groups is 1. The highest BCUT2D eigenvalue weighted by Crippen LogP contribution is 2.31. The van der Waals surface area contributed by atoms with Crippen molar-refractivity contribution in [1.82, 2.24) is 14.8 Å². The molecule has 1 fully saturated rings. The van der Waals surface area contributed by atoms with Crippen molar-refractivity contribution in [3.8, 4) is 0 Å². The van der Waals surface area contributed by atoms with Crippen LogP contribution in [0.1, 0.15) is 37.9 Å². The Balaban J connectivity index is 2.10. The van der Waals surface area contributed by atoms with Crippen molar-refractivity contribution in [2.45, 2.75) is 38.5 Å². The van der Waals surface area contributed by atoms with Crippen LogP contribution in [0.5, 0.6) is 0 Å². The maximum Gasteiger partial charge on any atom is 0.306 e. The monoisotopic (exact) mass is 237 g/mol. The van der Waals surface area contributed by atoms with E-state index >= 15 is 0 Å². The molecule has 0 spiro atoms. The number of carboxylic acid groups (broad SMARTS) is 1. The molecule has 0 bridgehead atoms. The Hall–Kier alpha value is -1.39. The Morgan fingerprint density at radius 1 is 1.47 bits per heavy atom. The minimum absolute atomic E-state index is 0.206. The molecule has 5 heteroatoms. The smallest absolute Gasteiger partial charge is 0.306 e. The summed E-state index contributed by atoms with van der Waals surface area (Å²) < 4.78 is 1.74. The molecule has 1 heterocycles. The summed E-state index contributed by atoms with van der Waals surface area (Å²) in [6.45, 7) is 0. The summed E-state index contributed by atoms with van der Waals surface area (Å²) >= 11 is 0. The van der Waals surface area contributed by atoms with E-state index in [0.717, 1.165) is 44.3 Å². The van der Waals surface area contributed by atoms with Gasteiger partial charge in [-0.1, -0.05) is 19.3 Å². The van der Waals surface area contributed by atoms with Gasteiger partial charge in [0.15, 0.2) is 0 Å². The molecule has 2 atom stereocenters. The fourth-order valence-corrected chi connectivity index (χ4v) is 2.69. The van der Waals surface area contributed by atoms with Gasteiger partial charge in [0.2, 0.25) is 0 Å². The average molecular weight is 237 g/mol. The molecule has 0 amide bonds. The van der Waals surface area contributed by atoms with Gasteiger partial charge in [0.25, 0.3) is 0 Å². The first-order valence-corrected chi connectivity index (χ1v) is 6.24. The van der Waals surface area contributed by atoms with Gasteiger partial charge in [0.05, 0.1) is 5.92 Å². The Morgan fingerprint density at radius 3 is 2.88 bits per heavy atom. The fourth-order valence-electron chi connectivity index (χ4n) is 2.69. The van der Waals surface area contributed by atoms with Gasteiger partial charge in [-0.3, -0.25) is 9.48 Å². The predicted octanol–water partition coefficient (Wildman–Crippen LogP) is 1.64. The Kier molecular flexibility index (Phi) is 3.76. The van der Waals surface area contributed by atoms with Gasteiger partial charge < -0.3 is 5.11 Å². The fraction of sp³-hybridized carbons (Fsp3) is 0.750. The zero-order valence-corrected chi connectivity index (χ0v) is 10.2. The number of aryl methyl sites for hydroxylation is 1. The Labute approximate surface area is 101 Å². The molecule has 1 aromatic rings. The number of aliphatic carboxylic acids is 1. The van der Waals surface area contributed by atoms with E-state index in [1.54, 1.807) is 4.68 Å². The van der Waals surface area contributed by atoms with Crippen molar-refractivity contribution in [2.24, 2.45) is 18.9 Å². The Morgan fingerprint density at radius 2 is 2.24 bits per heavy atom. The second-order valence-corrected chi connectivity index (χ2v) is 4.85. The largest absolute Gasteiger partial charge is 0.481 e. The van der Waals surface area contributed by atoms with E-state index in [9.17, 15) is 9.90 Å². The van der Waals surface area contributed by atoms with Gasteiger partial charge in [-0.25, -0.2) is 4.98 Å². The number of carboxylic acids is 1. The molecule has 1 N–H and O–H groups in total. The van der Waals surface area contributed by atoms with Crippen LogP contribution < -0.4 is 0 Å². The summed E-state index contributed by atoms with van der Waals surface area (Å²) in [5.74, 6) is 0.231. The number of rotatable bonds is 3. The highest BCUT2D eigenvalue weighted by molar-refractivity contribution is 5.70. The average Bonchev–Trinajstić information content (AvgIpc) is 2.55. The first-order chi connectivity index (χ1) is 8.18. The van der Waals surface area contributed by atoms with E-state index in [1.807, 2.05) is 7.05 Å². The normalized spacial score (nSPS) is 25.5. The molecule has 1 saturated carbocycles. The van der Waals surface area contributed by atoms with E-state index in [1.165, 1.54) is 6.33 Å². The summed E-state index contributed by atoms with van der Waals surface area (Å²) in [4.78, 5) is 15.5. The number of aromatic nitrogens is 3. The van der Waals surface area contributed by atoms with E-state index in [2.05, 4.69) is 10.1 Å². The summed E-state index contributed by atoms with van der Waals surface area (Å²) in [7, 11) is 1.86. The van der Waals surface area contributed by atoms with Crippen molar-refractivity contribution in [1.29, 1.82) is 0 Å². The minimum Gasteiger partial charge on any atom is -0.481 e. The van der Waals surface area contributed by atoms with Crippen LogP contribution in [0.3, 0.4) is 0 Å². The predicted molar refractivity (Wildman–Crippen MR) is 62.4 cm³/mol. The van der Waals surface area contributed by atoms with E-state index in [4.69, 9.17) is 0 Å². The van der Waals surface area contributed by atoms with Crippen molar-refractivity contribution in [3.63, 3.8) is 0 Å². The van der Waals surface area contributed by atoms with Crippen LogP contribution in [0.15, 0.2) is 6.33 Å². The molecule has 0 saturated heterocycles. The molecule has 0 radical (unpaired) electrons. The molecule has 0 aromatic carbocycles. The SMILES string of the molecule is Cn1ncnc1CC1CCCCCC1C(=O)O. The van der Waals surface area contributed by atoms with Crippen molar-refractivity contribution in [3.05, 3.63) is 12.2 Å². The van der Waals surface area contributed by atoms with Gasteiger partial charge in [-0.15, -0.1) is 0 Å². The lowest BCUT2D eigenvalue weighted by atomic mass is 9.85. The van der Waals surface area contributed by atoms with E-state index in [-0.39, 0.29) is 11.8 Å². The second kappa shape index (κ2) is 5.29. The maximum absolute atomic E-state index is 11.3. The van der Waals surface area contributed by atoms with Gasteiger partial charge >= 0.3 is 5.97 Å². The Bertz CT molecular complexity index is 389. The third kappa shape index (κ3) is 2.84. The molecule has 2 rings (SSSR count).